The Bertz CT molecular complexity index is 79.1. The van der Waals surface area contributed by atoms with Crippen molar-refractivity contribution in [2.24, 2.45) is 0 Å². The van der Waals surface area contributed by atoms with Gasteiger partial charge in [0.25, 0.3) is 0 Å². The first-order valence-corrected chi connectivity index (χ1v) is 4.12. The van der Waals surface area contributed by atoms with E-state index in [0.717, 1.165) is 0 Å². The zero-order chi connectivity index (χ0) is 8.15. The summed E-state index contributed by atoms with van der Waals surface area (Å²) in [6, 6.07) is 0. The minimum absolute atomic E-state index is 0. The SMILES string of the molecule is CC(C)OC([Si-])OC(C)C.[CH3-].[Mg+2]. The molecule has 0 aliphatic heterocycles. The van der Waals surface area contributed by atoms with Gasteiger partial charge in [-0.2, -0.15) is 0 Å². The van der Waals surface area contributed by atoms with Gasteiger partial charge in [0.1, 0.15) is 0 Å². The standard InChI is InChI=1S/C7H15O2Si.CH3.Mg/c1-5(2)8-7(10)9-6(3)4;;/h5-7H,1-4H3;1H3;/q2*-1;+2. The van der Waals surface area contributed by atoms with E-state index in [1.54, 1.807) is 0 Å². The first kappa shape index (κ1) is 18.6. The molecule has 0 aliphatic carbocycles. The third-order valence-electron chi connectivity index (χ3n) is 0.792. The molecule has 0 saturated heterocycles. The van der Waals surface area contributed by atoms with E-state index in [2.05, 4.69) is 10.2 Å². The van der Waals surface area contributed by atoms with Gasteiger partial charge in [-0.15, -0.1) is 0 Å². The molecule has 0 atom stereocenters. The summed E-state index contributed by atoms with van der Waals surface area (Å²) in [6.07, 6.45) is 0.391. The molecule has 4 heteroatoms. The first-order chi connectivity index (χ1) is 4.52. The number of rotatable bonds is 4. The predicted octanol–water partition coefficient (Wildman–Crippen LogP) is 1.36. The van der Waals surface area contributed by atoms with Gasteiger partial charge in [0.15, 0.2) is 0 Å². The van der Waals surface area contributed by atoms with Crippen molar-refractivity contribution in [1.82, 2.24) is 0 Å². The molecule has 0 fully saturated rings. The quantitative estimate of drug-likeness (QED) is 0.386. The van der Waals surface area contributed by atoms with Crippen LogP contribution in [0.1, 0.15) is 27.7 Å². The monoisotopic (exact) mass is 198 g/mol. The van der Waals surface area contributed by atoms with E-state index >= 15 is 0 Å². The second-order valence-electron chi connectivity index (χ2n) is 2.70. The van der Waals surface area contributed by atoms with Crippen molar-refractivity contribution in [3.8, 4) is 0 Å². The predicted molar refractivity (Wildman–Crippen MR) is 54.2 cm³/mol. The molecular weight excluding hydrogens is 180 g/mol. The second kappa shape index (κ2) is 9.99. The van der Waals surface area contributed by atoms with Gasteiger partial charge in [-0.3, -0.25) is 0 Å². The van der Waals surface area contributed by atoms with Gasteiger partial charge in [-0.05, 0) is 33.6 Å². The largest absolute Gasteiger partial charge is 2.00 e. The molecule has 0 saturated carbocycles. The third-order valence-corrected chi connectivity index (χ3v) is 1.06. The summed E-state index contributed by atoms with van der Waals surface area (Å²) in [5, 5.41) is 0. The molecule has 0 unspecified atom stereocenters. The summed E-state index contributed by atoms with van der Waals surface area (Å²) in [5.74, 6) is -0.278. The van der Waals surface area contributed by atoms with E-state index in [4.69, 9.17) is 9.47 Å². The second-order valence-corrected chi connectivity index (χ2v) is 3.17. The maximum Gasteiger partial charge on any atom is 2.00 e. The van der Waals surface area contributed by atoms with Crippen LogP contribution in [0, 0.1) is 7.43 Å². The number of ether oxygens (including phenoxy) is 2. The van der Waals surface area contributed by atoms with Crippen molar-refractivity contribution >= 4 is 33.3 Å². The zero-order valence-corrected chi connectivity index (χ0v) is 11.2. The Morgan fingerprint density at radius 1 is 0.917 bits per heavy atom. The molecule has 0 N–H and O–H groups in total. The van der Waals surface area contributed by atoms with Crippen molar-refractivity contribution < 1.29 is 9.47 Å². The van der Waals surface area contributed by atoms with Gasteiger partial charge in [0.05, 0.1) is 12.2 Å². The van der Waals surface area contributed by atoms with E-state index in [9.17, 15) is 0 Å². The van der Waals surface area contributed by atoms with Gasteiger partial charge < -0.3 is 27.1 Å². The summed E-state index contributed by atoms with van der Waals surface area (Å²) in [7, 11) is 3.28. The van der Waals surface area contributed by atoms with Crippen LogP contribution >= 0.6 is 0 Å². The van der Waals surface area contributed by atoms with Crippen LogP contribution in [0.25, 0.3) is 0 Å². The normalized spacial score (nSPS) is 10.0. The van der Waals surface area contributed by atoms with Crippen LogP contribution in [-0.2, 0) is 9.47 Å². The van der Waals surface area contributed by atoms with Gasteiger partial charge in [0.2, 0.25) is 0 Å². The van der Waals surface area contributed by atoms with Crippen LogP contribution < -0.4 is 0 Å². The summed E-state index contributed by atoms with van der Waals surface area (Å²) in [4.78, 5) is 0. The Morgan fingerprint density at radius 2 is 1.17 bits per heavy atom. The number of hydrogen-bond donors (Lipinski definition) is 0. The Kier molecular flexibility index (Phi) is 15.5. The fraction of sp³-hybridized carbons (Fsp3) is 0.875. The molecule has 0 aliphatic rings. The molecule has 12 heavy (non-hydrogen) atoms. The minimum Gasteiger partial charge on any atom is -0.592 e. The van der Waals surface area contributed by atoms with E-state index in [0.29, 0.717) is 0 Å². The summed E-state index contributed by atoms with van der Waals surface area (Å²) >= 11 is 0. The molecule has 2 radical (unpaired) electrons. The van der Waals surface area contributed by atoms with E-state index in [-0.39, 0.29) is 48.6 Å². The fourth-order valence-corrected chi connectivity index (χ4v) is 1.07. The van der Waals surface area contributed by atoms with Crippen molar-refractivity contribution in [2.75, 3.05) is 0 Å². The minimum atomic E-state index is -0.278. The van der Waals surface area contributed by atoms with Crippen LogP contribution in [0.15, 0.2) is 0 Å². The topological polar surface area (TPSA) is 18.5 Å². The van der Waals surface area contributed by atoms with E-state index in [1.165, 1.54) is 0 Å². The van der Waals surface area contributed by atoms with Gasteiger partial charge in [-0.25, -0.2) is 0 Å². The van der Waals surface area contributed by atoms with E-state index in [1.807, 2.05) is 27.7 Å². The van der Waals surface area contributed by atoms with Gasteiger partial charge in [-0.1, -0.05) is 0 Å². The summed E-state index contributed by atoms with van der Waals surface area (Å²) < 4.78 is 10.5. The van der Waals surface area contributed by atoms with Crippen LogP contribution in [0.4, 0.5) is 0 Å². The molecule has 68 valence electrons. The van der Waals surface area contributed by atoms with Crippen molar-refractivity contribution in [3.63, 3.8) is 0 Å². The summed E-state index contributed by atoms with van der Waals surface area (Å²) in [5.41, 5.74) is 0. The van der Waals surface area contributed by atoms with Gasteiger partial charge >= 0.3 is 23.1 Å². The number of hydrogen-bond acceptors (Lipinski definition) is 2. The van der Waals surface area contributed by atoms with Crippen LogP contribution in [0.2, 0.25) is 0 Å². The maximum atomic E-state index is 5.25. The molecular formula is C8H18MgO2Si. The molecule has 0 spiro atoms. The molecule has 0 aromatic rings. The van der Waals surface area contributed by atoms with Crippen molar-refractivity contribution in [3.05, 3.63) is 7.43 Å². The van der Waals surface area contributed by atoms with Crippen LogP contribution in [0.3, 0.4) is 0 Å². The fourth-order valence-electron chi connectivity index (χ4n) is 0.526. The Morgan fingerprint density at radius 3 is 1.33 bits per heavy atom. The first-order valence-electron chi connectivity index (χ1n) is 3.54. The molecule has 0 heterocycles. The van der Waals surface area contributed by atoms with E-state index < -0.39 is 0 Å². The van der Waals surface area contributed by atoms with Crippen LogP contribution in [-0.4, -0.2) is 51.4 Å². The molecule has 0 aromatic heterocycles. The van der Waals surface area contributed by atoms with Crippen LogP contribution in [0.5, 0.6) is 0 Å². The smallest absolute Gasteiger partial charge is 0.592 e. The van der Waals surface area contributed by atoms with Crippen molar-refractivity contribution in [1.29, 1.82) is 0 Å². The van der Waals surface area contributed by atoms with Crippen molar-refractivity contribution in [2.45, 2.75) is 45.8 Å². The average molecular weight is 199 g/mol. The third kappa shape index (κ3) is 13.5. The Hall–Kier alpha value is 0.903. The molecule has 0 aromatic carbocycles. The molecule has 0 bridgehead atoms. The Labute approximate surface area is 96.0 Å². The Balaban J connectivity index is -0.000000405. The molecule has 0 rings (SSSR count). The maximum absolute atomic E-state index is 5.25. The zero-order valence-electron chi connectivity index (χ0n) is 8.76. The molecule has 2 nitrogen and oxygen atoms in total. The average Bonchev–Trinajstić information content (AvgIpc) is 1.58. The van der Waals surface area contributed by atoms with Gasteiger partial charge in [0, 0.05) is 0 Å². The molecule has 0 amide bonds. The summed E-state index contributed by atoms with van der Waals surface area (Å²) in [6.45, 7) is 7.88.